The van der Waals surface area contributed by atoms with E-state index in [9.17, 15) is 13.2 Å². The molecule has 1 aromatic rings. The Morgan fingerprint density at radius 3 is 2.45 bits per heavy atom. The van der Waals surface area contributed by atoms with Gasteiger partial charge in [-0.2, -0.15) is 17.0 Å². The van der Waals surface area contributed by atoms with Gasteiger partial charge in [0.15, 0.2) is 5.79 Å². The molecular formula is C21H31N3O6S. The highest BCUT2D eigenvalue weighted by molar-refractivity contribution is 7.86. The molecule has 3 saturated heterocycles. The highest BCUT2D eigenvalue weighted by Crippen LogP contribution is 2.33. The Morgan fingerprint density at radius 2 is 1.81 bits per heavy atom. The number of carbonyl (C=O) groups is 1. The summed E-state index contributed by atoms with van der Waals surface area (Å²) in [5.74, 6) is -0.309. The third kappa shape index (κ3) is 5.04. The van der Waals surface area contributed by atoms with Gasteiger partial charge in [-0.3, -0.25) is 4.79 Å². The van der Waals surface area contributed by atoms with Gasteiger partial charge in [-0.15, -0.1) is 0 Å². The zero-order valence-corrected chi connectivity index (χ0v) is 18.7. The van der Waals surface area contributed by atoms with Crippen molar-refractivity contribution in [2.75, 3.05) is 46.5 Å². The van der Waals surface area contributed by atoms with Crippen LogP contribution in [0.4, 0.5) is 0 Å². The number of piperidine rings is 2. The summed E-state index contributed by atoms with van der Waals surface area (Å²) in [6.45, 7) is 2.92. The van der Waals surface area contributed by atoms with Crippen molar-refractivity contribution in [3.05, 3.63) is 29.8 Å². The molecule has 1 N–H and O–H groups in total. The van der Waals surface area contributed by atoms with Crippen LogP contribution in [0, 0.1) is 5.92 Å². The van der Waals surface area contributed by atoms with Crippen molar-refractivity contribution in [2.24, 2.45) is 5.92 Å². The molecule has 3 fully saturated rings. The summed E-state index contributed by atoms with van der Waals surface area (Å²) in [6.07, 6.45) is 2.42. The second-order valence-electron chi connectivity index (χ2n) is 8.28. The van der Waals surface area contributed by atoms with E-state index in [2.05, 4.69) is 5.32 Å². The average Bonchev–Trinajstić information content (AvgIpc) is 3.26. The molecule has 0 radical (unpaired) electrons. The highest BCUT2D eigenvalue weighted by atomic mass is 32.2. The molecule has 3 aliphatic heterocycles. The summed E-state index contributed by atoms with van der Waals surface area (Å²) < 4.78 is 45.9. The Balaban J connectivity index is 1.31. The number of amides is 1. The van der Waals surface area contributed by atoms with Crippen LogP contribution in [-0.2, 0) is 31.0 Å². The van der Waals surface area contributed by atoms with E-state index in [-0.39, 0.29) is 18.4 Å². The molecule has 31 heavy (non-hydrogen) atoms. The van der Waals surface area contributed by atoms with Gasteiger partial charge in [-0.25, -0.2) is 0 Å². The van der Waals surface area contributed by atoms with Gasteiger partial charge in [-0.1, -0.05) is 12.1 Å². The van der Waals surface area contributed by atoms with Crippen LogP contribution in [-0.4, -0.2) is 75.2 Å². The topological polar surface area (TPSA) is 97.4 Å². The van der Waals surface area contributed by atoms with E-state index >= 15 is 0 Å². The molecular weight excluding hydrogens is 422 g/mol. The quantitative estimate of drug-likeness (QED) is 0.693. The van der Waals surface area contributed by atoms with E-state index in [1.807, 2.05) is 24.3 Å². The van der Waals surface area contributed by atoms with Crippen LogP contribution >= 0.6 is 0 Å². The summed E-state index contributed by atoms with van der Waals surface area (Å²) in [5.41, 5.74) is 0.966. The number of nitrogens with one attached hydrogen (secondary N) is 1. The number of rotatable bonds is 6. The first-order chi connectivity index (χ1) is 14.9. The van der Waals surface area contributed by atoms with Crippen LogP contribution in [0.5, 0.6) is 5.75 Å². The fourth-order valence-electron chi connectivity index (χ4n) is 4.45. The lowest BCUT2D eigenvalue weighted by Crippen LogP contribution is -2.54. The molecule has 0 aliphatic carbocycles. The van der Waals surface area contributed by atoms with Crippen molar-refractivity contribution >= 4 is 16.1 Å². The second-order valence-corrected chi connectivity index (χ2v) is 10.2. The molecule has 1 unspecified atom stereocenters. The first-order valence-corrected chi connectivity index (χ1v) is 12.3. The van der Waals surface area contributed by atoms with E-state index in [0.29, 0.717) is 65.1 Å². The largest absolute Gasteiger partial charge is 0.497 e. The summed E-state index contributed by atoms with van der Waals surface area (Å²) in [6, 6.07) is 7.50. The van der Waals surface area contributed by atoms with Crippen molar-refractivity contribution < 1.29 is 27.4 Å². The van der Waals surface area contributed by atoms with Crippen molar-refractivity contribution in [3.8, 4) is 5.75 Å². The van der Waals surface area contributed by atoms with Gasteiger partial charge >= 0.3 is 0 Å². The van der Waals surface area contributed by atoms with E-state index in [0.717, 1.165) is 11.3 Å². The van der Waals surface area contributed by atoms with Crippen LogP contribution in [0.15, 0.2) is 24.3 Å². The lowest BCUT2D eigenvalue weighted by molar-refractivity contribution is -0.179. The van der Waals surface area contributed by atoms with Crippen LogP contribution in [0.25, 0.3) is 0 Å². The number of ether oxygens (including phenoxy) is 3. The van der Waals surface area contributed by atoms with Gasteiger partial charge in [-0.05, 0) is 30.5 Å². The third-order valence-electron chi connectivity index (χ3n) is 6.33. The molecule has 4 rings (SSSR count). The first kappa shape index (κ1) is 22.5. The Labute approximate surface area is 183 Å². The Hall–Kier alpha value is -1.72. The molecule has 10 heteroatoms. The normalized spacial score (nSPS) is 24.9. The summed E-state index contributed by atoms with van der Waals surface area (Å²) in [5, 5.41) is 2.94. The molecule has 1 aromatic carbocycles. The standard InChI is InChI=1S/C21H31N3O6S/c1-28-19-6-4-17(5-7-19)15-22-20(25)18-3-2-10-24(16-18)31(26,27)23-11-8-21(9-12-23)29-13-14-30-21/h4-7,18H,2-3,8-16H2,1H3,(H,22,25). The predicted molar refractivity (Wildman–Crippen MR) is 113 cm³/mol. The molecule has 0 aromatic heterocycles. The van der Waals surface area contributed by atoms with Crippen molar-refractivity contribution in [2.45, 2.75) is 38.0 Å². The van der Waals surface area contributed by atoms with Gasteiger partial charge in [0.25, 0.3) is 10.2 Å². The molecule has 0 saturated carbocycles. The van der Waals surface area contributed by atoms with E-state index in [1.54, 1.807) is 7.11 Å². The minimum Gasteiger partial charge on any atom is -0.497 e. The SMILES string of the molecule is COc1ccc(CNC(=O)C2CCCN(S(=O)(=O)N3CCC4(CC3)OCCO4)C2)cc1. The van der Waals surface area contributed by atoms with Gasteiger partial charge in [0.05, 0.1) is 26.2 Å². The first-order valence-electron chi connectivity index (χ1n) is 10.9. The minimum absolute atomic E-state index is 0.110. The number of methoxy groups -OCH3 is 1. The van der Waals surface area contributed by atoms with E-state index in [4.69, 9.17) is 14.2 Å². The Morgan fingerprint density at radius 1 is 1.13 bits per heavy atom. The molecule has 172 valence electrons. The average molecular weight is 454 g/mol. The number of benzene rings is 1. The molecule has 1 atom stereocenters. The van der Waals surface area contributed by atoms with Gasteiger partial charge in [0.2, 0.25) is 5.91 Å². The van der Waals surface area contributed by atoms with E-state index in [1.165, 1.54) is 8.61 Å². The fraction of sp³-hybridized carbons (Fsp3) is 0.667. The fourth-order valence-corrected chi connectivity index (χ4v) is 6.15. The predicted octanol–water partition coefficient (Wildman–Crippen LogP) is 1.11. The third-order valence-corrected chi connectivity index (χ3v) is 8.33. The number of nitrogens with zero attached hydrogens (tertiary/aromatic N) is 2. The molecule has 9 nitrogen and oxygen atoms in total. The number of hydrogen-bond acceptors (Lipinski definition) is 6. The number of carbonyl (C=O) groups excluding carboxylic acids is 1. The molecule has 0 bridgehead atoms. The zero-order valence-electron chi connectivity index (χ0n) is 17.9. The zero-order chi connectivity index (χ0) is 21.9. The van der Waals surface area contributed by atoms with Gasteiger partial charge in [0.1, 0.15) is 5.75 Å². The van der Waals surface area contributed by atoms with Crippen LogP contribution in [0.1, 0.15) is 31.2 Å². The molecule has 3 aliphatic rings. The minimum atomic E-state index is -3.61. The molecule has 1 spiro atoms. The van der Waals surface area contributed by atoms with Crippen LogP contribution in [0.2, 0.25) is 0 Å². The maximum Gasteiger partial charge on any atom is 0.282 e. The Bertz CT molecular complexity index is 860. The summed E-state index contributed by atoms with van der Waals surface area (Å²) in [4.78, 5) is 12.7. The van der Waals surface area contributed by atoms with Crippen molar-refractivity contribution in [3.63, 3.8) is 0 Å². The van der Waals surface area contributed by atoms with Crippen molar-refractivity contribution in [1.82, 2.24) is 13.9 Å². The van der Waals surface area contributed by atoms with Crippen LogP contribution in [0.3, 0.4) is 0 Å². The molecule has 1 amide bonds. The monoisotopic (exact) mass is 453 g/mol. The summed E-state index contributed by atoms with van der Waals surface area (Å²) >= 11 is 0. The van der Waals surface area contributed by atoms with Crippen LogP contribution < -0.4 is 10.1 Å². The van der Waals surface area contributed by atoms with E-state index < -0.39 is 16.0 Å². The van der Waals surface area contributed by atoms with Crippen molar-refractivity contribution in [1.29, 1.82) is 0 Å². The summed E-state index contributed by atoms with van der Waals surface area (Å²) in [7, 11) is -2.00. The van der Waals surface area contributed by atoms with Gasteiger partial charge < -0.3 is 19.5 Å². The maximum absolute atomic E-state index is 13.2. The molecule has 3 heterocycles. The maximum atomic E-state index is 13.2. The Kier molecular flexibility index (Phi) is 6.83. The second kappa shape index (κ2) is 9.41. The lowest BCUT2D eigenvalue weighted by Gasteiger charge is -2.40. The smallest absolute Gasteiger partial charge is 0.282 e. The number of hydrogen-bond donors (Lipinski definition) is 1. The highest BCUT2D eigenvalue weighted by Gasteiger charge is 2.44. The lowest BCUT2D eigenvalue weighted by atomic mass is 9.99. The van der Waals surface area contributed by atoms with Gasteiger partial charge in [0, 0.05) is 45.6 Å².